The summed E-state index contributed by atoms with van der Waals surface area (Å²) in [6.07, 6.45) is 3.77. The summed E-state index contributed by atoms with van der Waals surface area (Å²) in [5, 5.41) is 4.46. The van der Waals surface area contributed by atoms with Gasteiger partial charge in [-0.1, -0.05) is 18.2 Å². The molecule has 1 fully saturated rings. The van der Waals surface area contributed by atoms with Crippen LogP contribution in [0.15, 0.2) is 54.7 Å². The Balaban J connectivity index is 1.37. The fourth-order valence-electron chi connectivity index (χ4n) is 3.86. The first-order chi connectivity index (χ1) is 14.1. The number of rotatable bonds is 5. The Bertz CT molecular complexity index is 1020. The maximum atomic E-state index is 13.4. The van der Waals surface area contributed by atoms with Crippen molar-refractivity contribution in [3.63, 3.8) is 0 Å². The van der Waals surface area contributed by atoms with Crippen LogP contribution in [0, 0.1) is 5.82 Å². The number of amides is 1. The quantitative estimate of drug-likeness (QED) is 0.711. The SMILES string of the molecule is COc1ccccc1CC(=O)N1CCC(Nc2ccnc3cc(F)ccc23)CC1. The third-order valence-corrected chi connectivity index (χ3v) is 5.45. The van der Waals surface area contributed by atoms with Crippen molar-refractivity contribution >= 4 is 22.5 Å². The van der Waals surface area contributed by atoms with Gasteiger partial charge in [-0.15, -0.1) is 0 Å². The van der Waals surface area contributed by atoms with Crippen LogP contribution in [0.25, 0.3) is 10.9 Å². The lowest BCUT2D eigenvalue weighted by Gasteiger charge is -2.33. The minimum absolute atomic E-state index is 0.123. The zero-order valence-corrected chi connectivity index (χ0v) is 16.4. The molecular weight excluding hydrogens is 369 g/mol. The molecule has 1 aliphatic rings. The van der Waals surface area contributed by atoms with E-state index in [9.17, 15) is 9.18 Å². The first kappa shape index (κ1) is 19.2. The number of anilines is 1. The second-order valence-corrected chi connectivity index (χ2v) is 7.31. The van der Waals surface area contributed by atoms with Crippen LogP contribution in [0.4, 0.5) is 10.1 Å². The van der Waals surface area contributed by atoms with Gasteiger partial charge in [-0.2, -0.15) is 0 Å². The van der Waals surface area contributed by atoms with Gasteiger partial charge in [0, 0.05) is 48.0 Å². The summed E-state index contributed by atoms with van der Waals surface area (Å²) in [5.41, 5.74) is 2.50. The topological polar surface area (TPSA) is 54.5 Å². The Morgan fingerprint density at radius 2 is 2.00 bits per heavy atom. The van der Waals surface area contributed by atoms with Crippen molar-refractivity contribution in [1.82, 2.24) is 9.88 Å². The van der Waals surface area contributed by atoms with Crippen LogP contribution < -0.4 is 10.1 Å². The number of piperidine rings is 1. The van der Waals surface area contributed by atoms with E-state index in [2.05, 4.69) is 10.3 Å². The Hall–Kier alpha value is -3.15. The van der Waals surface area contributed by atoms with E-state index < -0.39 is 0 Å². The average molecular weight is 393 g/mol. The molecule has 0 saturated carbocycles. The number of nitrogens with zero attached hydrogens (tertiary/aromatic N) is 2. The number of benzene rings is 2. The van der Waals surface area contributed by atoms with Crippen LogP contribution in [0.2, 0.25) is 0 Å². The minimum Gasteiger partial charge on any atom is -0.496 e. The van der Waals surface area contributed by atoms with Crippen molar-refractivity contribution in [2.24, 2.45) is 0 Å². The number of aromatic nitrogens is 1. The summed E-state index contributed by atoms with van der Waals surface area (Å²) in [4.78, 5) is 18.9. The van der Waals surface area contributed by atoms with Gasteiger partial charge in [0.25, 0.3) is 0 Å². The molecule has 1 aromatic heterocycles. The summed E-state index contributed by atoms with van der Waals surface area (Å²) < 4.78 is 18.8. The number of hydrogen-bond acceptors (Lipinski definition) is 4. The minimum atomic E-state index is -0.288. The van der Waals surface area contributed by atoms with Crippen LogP contribution in [0.3, 0.4) is 0 Å². The molecule has 5 nitrogen and oxygen atoms in total. The third-order valence-electron chi connectivity index (χ3n) is 5.45. The molecule has 1 saturated heterocycles. The number of likely N-dealkylation sites (tertiary alicyclic amines) is 1. The fraction of sp³-hybridized carbons (Fsp3) is 0.304. The molecule has 1 amide bonds. The third kappa shape index (κ3) is 4.31. The molecule has 0 spiro atoms. The lowest BCUT2D eigenvalue weighted by Crippen LogP contribution is -2.43. The molecular formula is C23H24FN3O2. The zero-order valence-electron chi connectivity index (χ0n) is 16.4. The second-order valence-electron chi connectivity index (χ2n) is 7.31. The first-order valence-corrected chi connectivity index (χ1v) is 9.84. The zero-order chi connectivity index (χ0) is 20.2. The van der Waals surface area contributed by atoms with Gasteiger partial charge in [0.05, 0.1) is 19.0 Å². The molecule has 3 aromatic rings. The van der Waals surface area contributed by atoms with Crippen molar-refractivity contribution in [3.05, 3.63) is 66.1 Å². The van der Waals surface area contributed by atoms with E-state index in [1.807, 2.05) is 35.2 Å². The maximum absolute atomic E-state index is 13.4. The predicted molar refractivity (Wildman–Crippen MR) is 112 cm³/mol. The molecule has 2 aromatic carbocycles. The van der Waals surface area contributed by atoms with Gasteiger partial charge in [-0.25, -0.2) is 4.39 Å². The standard InChI is InChI=1S/C23H24FN3O2/c1-29-22-5-3-2-4-16(22)14-23(28)27-12-9-18(10-13-27)26-20-8-11-25-21-15-17(24)6-7-19(20)21/h2-8,11,15,18H,9-10,12-14H2,1H3,(H,25,26). The fourth-order valence-corrected chi connectivity index (χ4v) is 3.86. The number of methoxy groups -OCH3 is 1. The highest BCUT2D eigenvalue weighted by Crippen LogP contribution is 2.25. The number of ether oxygens (including phenoxy) is 1. The van der Waals surface area contributed by atoms with Crippen molar-refractivity contribution < 1.29 is 13.9 Å². The van der Waals surface area contributed by atoms with Crippen molar-refractivity contribution in [3.8, 4) is 5.75 Å². The molecule has 150 valence electrons. The van der Waals surface area contributed by atoms with E-state index in [-0.39, 0.29) is 17.8 Å². The number of carbonyl (C=O) groups is 1. The molecule has 0 atom stereocenters. The Morgan fingerprint density at radius 3 is 2.79 bits per heavy atom. The molecule has 1 N–H and O–H groups in total. The number of nitrogens with one attached hydrogen (secondary N) is 1. The van der Waals surface area contributed by atoms with Gasteiger partial charge in [0.2, 0.25) is 5.91 Å². The van der Waals surface area contributed by atoms with E-state index in [0.717, 1.165) is 35.2 Å². The number of para-hydroxylation sites is 1. The predicted octanol–water partition coefficient (Wildman–Crippen LogP) is 4.03. The van der Waals surface area contributed by atoms with Gasteiger partial charge in [-0.3, -0.25) is 9.78 Å². The van der Waals surface area contributed by atoms with Gasteiger partial charge in [0.15, 0.2) is 0 Å². The average Bonchev–Trinajstić information content (AvgIpc) is 2.74. The largest absolute Gasteiger partial charge is 0.496 e. The van der Waals surface area contributed by atoms with Gasteiger partial charge in [0.1, 0.15) is 11.6 Å². The molecule has 0 aliphatic carbocycles. The molecule has 2 heterocycles. The lowest BCUT2D eigenvalue weighted by molar-refractivity contribution is -0.131. The molecule has 1 aliphatic heterocycles. The van der Waals surface area contributed by atoms with E-state index in [4.69, 9.17) is 4.74 Å². The van der Waals surface area contributed by atoms with Crippen LogP contribution in [0.5, 0.6) is 5.75 Å². The summed E-state index contributed by atoms with van der Waals surface area (Å²) in [5.74, 6) is 0.584. The number of fused-ring (bicyclic) bond motifs is 1. The summed E-state index contributed by atoms with van der Waals surface area (Å²) in [7, 11) is 1.62. The second kappa shape index (κ2) is 8.47. The summed E-state index contributed by atoms with van der Waals surface area (Å²) in [6.45, 7) is 1.42. The normalized spacial score (nSPS) is 14.8. The van der Waals surface area contributed by atoms with E-state index in [1.54, 1.807) is 19.4 Å². The number of hydrogen-bond donors (Lipinski definition) is 1. The number of pyridine rings is 1. The monoisotopic (exact) mass is 393 g/mol. The smallest absolute Gasteiger partial charge is 0.227 e. The van der Waals surface area contributed by atoms with E-state index in [1.165, 1.54) is 12.1 Å². The maximum Gasteiger partial charge on any atom is 0.227 e. The van der Waals surface area contributed by atoms with Crippen molar-refractivity contribution in [1.29, 1.82) is 0 Å². The van der Waals surface area contributed by atoms with Gasteiger partial charge < -0.3 is 15.0 Å². The van der Waals surface area contributed by atoms with E-state index in [0.29, 0.717) is 25.0 Å². The highest BCUT2D eigenvalue weighted by molar-refractivity contribution is 5.91. The molecule has 0 unspecified atom stereocenters. The number of carbonyl (C=O) groups excluding carboxylic acids is 1. The molecule has 4 rings (SSSR count). The van der Waals surface area contributed by atoms with Crippen LogP contribution in [0.1, 0.15) is 18.4 Å². The van der Waals surface area contributed by atoms with Crippen molar-refractivity contribution in [2.45, 2.75) is 25.3 Å². The van der Waals surface area contributed by atoms with Crippen molar-refractivity contribution in [2.75, 3.05) is 25.5 Å². The molecule has 0 radical (unpaired) electrons. The highest BCUT2D eigenvalue weighted by atomic mass is 19.1. The molecule has 6 heteroatoms. The van der Waals surface area contributed by atoms with Crippen LogP contribution in [-0.4, -0.2) is 42.0 Å². The van der Waals surface area contributed by atoms with Gasteiger partial charge >= 0.3 is 0 Å². The Labute approximate surface area is 169 Å². The first-order valence-electron chi connectivity index (χ1n) is 9.84. The molecule has 0 bridgehead atoms. The summed E-state index contributed by atoms with van der Waals surface area (Å²) in [6, 6.07) is 14.5. The van der Waals surface area contributed by atoms with Crippen LogP contribution in [-0.2, 0) is 11.2 Å². The lowest BCUT2D eigenvalue weighted by atomic mass is 10.0. The van der Waals surface area contributed by atoms with Crippen LogP contribution >= 0.6 is 0 Å². The Morgan fingerprint density at radius 1 is 1.21 bits per heavy atom. The Kier molecular flexibility index (Phi) is 5.60. The molecule has 29 heavy (non-hydrogen) atoms. The summed E-state index contributed by atoms with van der Waals surface area (Å²) >= 11 is 0. The van der Waals surface area contributed by atoms with Gasteiger partial charge in [-0.05, 0) is 37.1 Å². The number of halogens is 1. The highest BCUT2D eigenvalue weighted by Gasteiger charge is 2.23. The van der Waals surface area contributed by atoms with E-state index >= 15 is 0 Å².